The van der Waals surface area contributed by atoms with Crippen LogP contribution >= 0.6 is 11.8 Å². The number of hydrogen-bond donors (Lipinski definition) is 1. The molecule has 1 aliphatic rings. The predicted octanol–water partition coefficient (Wildman–Crippen LogP) is 0.833. The van der Waals surface area contributed by atoms with Crippen molar-refractivity contribution in [3.8, 4) is 0 Å². The van der Waals surface area contributed by atoms with Crippen molar-refractivity contribution < 1.29 is 4.79 Å². The third-order valence-electron chi connectivity index (χ3n) is 1.34. The molecule has 0 spiro atoms. The number of amides is 1. The molecule has 0 radical (unpaired) electrons. The van der Waals surface area contributed by atoms with Crippen LogP contribution in [0.4, 0.5) is 0 Å². The summed E-state index contributed by atoms with van der Waals surface area (Å²) in [6.45, 7) is 0. The van der Waals surface area contributed by atoms with E-state index in [1.165, 1.54) is 0 Å². The van der Waals surface area contributed by atoms with Gasteiger partial charge in [-0.15, -0.1) is 11.8 Å². The average Bonchev–Trinajstić information content (AvgIpc) is 2.63. The Labute approximate surface area is 59.4 Å². The van der Waals surface area contributed by atoms with E-state index in [0.717, 1.165) is 18.7 Å². The van der Waals surface area contributed by atoms with E-state index in [9.17, 15) is 4.79 Å². The highest BCUT2D eigenvalue weighted by atomic mass is 32.2. The van der Waals surface area contributed by atoms with Gasteiger partial charge in [0.15, 0.2) is 0 Å². The number of carbonyl (C=O) groups is 1. The van der Waals surface area contributed by atoms with Crippen LogP contribution in [0.1, 0.15) is 12.8 Å². The maximum Gasteiger partial charge on any atom is 0.223 e. The molecule has 0 aromatic rings. The van der Waals surface area contributed by atoms with Gasteiger partial charge in [0.25, 0.3) is 0 Å². The molecule has 3 heteroatoms. The number of hydrogen-bond acceptors (Lipinski definition) is 2. The summed E-state index contributed by atoms with van der Waals surface area (Å²) in [6, 6.07) is 0. The SMILES string of the molecule is CSCNC(=O)C1CC1. The Balaban J connectivity index is 2.03. The van der Waals surface area contributed by atoms with E-state index in [4.69, 9.17) is 0 Å². The Morgan fingerprint density at radius 1 is 1.78 bits per heavy atom. The van der Waals surface area contributed by atoms with E-state index in [0.29, 0.717) is 5.92 Å². The van der Waals surface area contributed by atoms with E-state index < -0.39 is 0 Å². The van der Waals surface area contributed by atoms with Crippen molar-refractivity contribution in [1.82, 2.24) is 5.32 Å². The molecular weight excluding hydrogens is 134 g/mol. The van der Waals surface area contributed by atoms with Crippen molar-refractivity contribution >= 4 is 17.7 Å². The van der Waals surface area contributed by atoms with E-state index >= 15 is 0 Å². The first kappa shape index (κ1) is 6.93. The van der Waals surface area contributed by atoms with Crippen LogP contribution in [0.25, 0.3) is 0 Å². The van der Waals surface area contributed by atoms with Gasteiger partial charge in [-0.05, 0) is 19.1 Å². The second-order valence-corrected chi connectivity index (χ2v) is 3.11. The molecule has 1 saturated carbocycles. The molecule has 1 rings (SSSR count). The van der Waals surface area contributed by atoms with Gasteiger partial charge in [0.05, 0.1) is 5.88 Å². The van der Waals surface area contributed by atoms with Crippen LogP contribution in [-0.4, -0.2) is 18.0 Å². The van der Waals surface area contributed by atoms with Crippen LogP contribution < -0.4 is 5.32 Å². The third kappa shape index (κ3) is 2.26. The van der Waals surface area contributed by atoms with Crippen molar-refractivity contribution in [2.45, 2.75) is 12.8 Å². The van der Waals surface area contributed by atoms with Gasteiger partial charge in [-0.3, -0.25) is 4.79 Å². The minimum atomic E-state index is 0.240. The average molecular weight is 145 g/mol. The number of rotatable bonds is 3. The van der Waals surface area contributed by atoms with Gasteiger partial charge in [-0.2, -0.15) is 0 Å². The van der Waals surface area contributed by atoms with Gasteiger partial charge in [0.1, 0.15) is 0 Å². The molecule has 0 bridgehead atoms. The zero-order chi connectivity index (χ0) is 6.69. The minimum absolute atomic E-state index is 0.240. The summed E-state index contributed by atoms with van der Waals surface area (Å²) in [5.74, 6) is 1.36. The monoisotopic (exact) mass is 145 g/mol. The van der Waals surface area contributed by atoms with Gasteiger partial charge in [-0.1, -0.05) is 0 Å². The van der Waals surface area contributed by atoms with Crippen molar-refractivity contribution in [2.24, 2.45) is 5.92 Å². The number of nitrogens with one attached hydrogen (secondary N) is 1. The fourth-order valence-corrected chi connectivity index (χ4v) is 0.920. The van der Waals surface area contributed by atoms with E-state index in [2.05, 4.69) is 5.32 Å². The molecule has 1 fully saturated rings. The van der Waals surface area contributed by atoms with Crippen LogP contribution in [0.3, 0.4) is 0 Å². The maximum absolute atomic E-state index is 10.8. The first-order chi connectivity index (χ1) is 4.34. The van der Waals surface area contributed by atoms with Gasteiger partial charge in [-0.25, -0.2) is 0 Å². The first-order valence-corrected chi connectivity index (χ1v) is 4.50. The van der Waals surface area contributed by atoms with E-state index in [1.807, 2.05) is 6.26 Å². The van der Waals surface area contributed by atoms with Crippen molar-refractivity contribution in [3.63, 3.8) is 0 Å². The molecule has 0 aliphatic heterocycles. The van der Waals surface area contributed by atoms with Crippen molar-refractivity contribution in [3.05, 3.63) is 0 Å². The quantitative estimate of drug-likeness (QED) is 0.596. The molecule has 0 aromatic heterocycles. The van der Waals surface area contributed by atoms with Crippen LogP contribution in [0.2, 0.25) is 0 Å². The minimum Gasteiger partial charge on any atom is -0.347 e. The Hall–Kier alpha value is -0.180. The molecular formula is C6H11NOS. The summed E-state index contributed by atoms with van der Waals surface area (Å²) in [5, 5.41) is 2.82. The molecule has 52 valence electrons. The summed E-state index contributed by atoms with van der Waals surface area (Å²) >= 11 is 1.64. The lowest BCUT2D eigenvalue weighted by molar-refractivity contribution is -0.121. The van der Waals surface area contributed by atoms with Crippen LogP contribution in [-0.2, 0) is 4.79 Å². The Kier molecular flexibility index (Phi) is 2.39. The first-order valence-electron chi connectivity index (χ1n) is 3.11. The van der Waals surface area contributed by atoms with Gasteiger partial charge >= 0.3 is 0 Å². The molecule has 0 aromatic carbocycles. The molecule has 1 N–H and O–H groups in total. The fourth-order valence-electron chi connectivity index (χ4n) is 0.633. The molecule has 1 aliphatic carbocycles. The predicted molar refractivity (Wildman–Crippen MR) is 39.2 cm³/mol. The smallest absolute Gasteiger partial charge is 0.223 e. The largest absolute Gasteiger partial charge is 0.347 e. The van der Waals surface area contributed by atoms with Crippen LogP contribution in [0.5, 0.6) is 0 Å². The summed E-state index contributed by atoms with van der Waals surface area (Å²) in [5.41, 5.74) is 0. The highest BCUT2D eigenvalue weighted by molar-refractivity contribution is 7.98. The number of thioether (sulfide) groups is 1. The molecule has 2 nitrogen and oxygen atoms in total. The zero-order valence-corrected chi connectivity index (χ0v) is 6.33. The highest BCUT2D eigenvalue weighted by Gasteiger charge is 2.28. The second kappa shape index (κ2) is 3.11. The van der Waals surface area contributed by atoms with Gasteiger partial charge < -0.3 is 5.32 Å². The van der Waals surface area contributed by atoms with Gasteiger partial charge in [0, 0.05) is 5.92 Å². The standard InChI is InChI=1S/C6H11NOS/c1-9-4-7-6(8)5-2-3-5/h5H,2-4H2,1H3,(H,7,8). The lowest BCUT2D eigenvalue weighted by Crippen LogP contribution is -2.23. The normalized spacial score (nSPS) is 17.4. The lowest BCUT2D eigenvalue weighted by atomic mass is 10.4. The third-order valence-corrected chi connectivity index (χ3v) is 1.77. The van der Waals surface area contributed by atoms with E-state index in [-0.39, 0.29) is 5.91 Å². The highest BCUT2D eigenvalue weighted by Crippen LogP contribution is 2.28. The number of carbonyl (C=O) groups excluding carboxylic acids is 1. The topological polar surface area (TPSA) is 29.1 Å². The van der Waals surface area contributed by atoms with E-state index in [1.54, 1.807) is 11.8 Å². The molecule has 0 atom stereocenters. The fraction of sp³-hybridized carbons (Fsp3) is 0.833. The molecule has 9 heavy (non-hydrogen) atoms. The lowest BCUT2D eigenvalue weighted by Gasteiger charge is -1.98. The molecule has 0 saturated heterocycles. The Bertz CT molecular complexity index is 112. The zero-order valence-electron chi connectivity index (χ0n) is 5.52. The summed E-state index contributed by atoms with van der Waals surface area (Å²) in [7, 11) is 0. The molecule has 0 heterocycles. The Morgan fingerprint density at radius 3 is 2.89 bits per heavy atom. The summed E-state index contributed by atoms with van der Waals surface area (Å²) in [4.78, 5) is 10.8. The van der Waals surface area contributed by atoms with Crippen LogP contribution in [0, 0.1) is 5.92 Å². The second-order valence-electron chi connectivity index (χ2n) is 2.25. The molecule has 1 amide bonds. The van der Waals surface area contributed by atoms with Crippen LogP contribution in [0.15, 0.2) is 0 Å². The van der Waals surface area contributed by atoms with Crippen molar-refractivity contribution in [2.75, 3.05) is 12.1 Å². The molecule has 0 unspecified atom stereocenters. The van der Waals surface area contributed by atoms with Gasteiger partial charge in [0.2, 0.25) is 5.91 Å². The Morgan fingerprint density at radius 2 is 2.44 bits per heavy atom. The maximum atomic E-state index is 10.8. The summed E-state index contributed by atoms with van der Waals surface area (Å²) < 4.78 is 0. The summed E-state index contributed by atoms with van der Waals surface area (Å²) in [6.07, 6.45) is 4.17. The van der Waals surface area contributed by atoms with Crippen molar-refractivity contribution in [1.29, 1.82) is 0 Å².